The van der Waals surface area contributed by atoms with Gasteiger partial charge in [-0.1, -0.05) is 30.4 Å². The van der Waals surface area contributed by atoms with Crippen LogP contribution in [-0.2, 0) is 4.79 Å². The van der Waals surface area contributed by atoms with Crippen LogP contribution in [0.4, 0.5) is 0 Å². The second-order valence-corrected chi connectivity index (χ2v) is 4.94. The van der Waals surface area contributed by atoms with Crippen LogP contribution in [0.5, 0.6) is 17.2 Å². The first-order valence-corrected chi connectivity index (χ1v) is 7.51. The fraction of sp³-hybridized carbons (Fsp3) is 0.150. The standard InChI is InChI=1S/C20H20O4/c1-4-5-16-8-12-18(19(14-16)23-3)24-20(21)13-9-15-6-10-17(22-2)11-7-15/h4-14H,1-3H3/b5-4+,13-9+. The zero-order chi connectivity index (χ0) is 17.4. The fourth-order valence-corrected chi connectivity index (χ4v) is 2.09. The lowest BCUT2D eigenvalue weighted by Gasteiger charge is -2.08. The minimum Gasteiger partial charge on any atom is -0.497 e. The third-order valence-electron chi connectivity index (χ3n) is 3.29. The van der Waals surface area contributed by atoms with Crippen molar-refractivity contribution in [2.24, 2.45) is 0 Å². The molecular weight excluding hydrogens is 304 g/mol. The number of allylic oxidation sites excluding steroid dienone is 1. The van der Waals surface area contributed by atoms with Crippen LogP contribution < -0.4 is 14.2 Å². The highest BCUT2D eigenvalue weighted by Crippen LogP contribution is 2.28. The van der Waals surface area contributed by atoms with Crippen LogP contribution >= 0.6 is 0 Å². The number of hydrogen-bond acceptors (Lipinski definition) is 4. The van der Waals surface area contributed by atoms with E-state index in [0.29, 0.717) is 11.5 Å². The molecule has 0 saturated carbocycles. The second kappa shape index (κ2) is 8.58. The largest absolute Gasteiger partial charge is 0.497 e. The molecular formula is C20H20O4. The molecule has 24 heavy (non-hydrogen) atoms. The van der Waals surface area contributed by atoms with E-state index >= 15 is 0 Å². The summed E-state index contributed by atoms with van der Waals surface area (Å²) in [5.74, 6) is 1.19. The predicted molar refractivity (Wildman–Crippen MR) is 95.4 cm³/mol. The topological polar surface area (TPSA) is 44.8 Å². The van der Waals surface area contributed by atoms with Crippen molar-refractivity contribution in [2.45, 2.75) is 6.92 Å². The Balaban J connectivity index is 2.07. The summed E-state index contributed by atoms with van der Waals surface area (Å²) in [4.78, 5) is 12.0. The van der Waals surface area contributed by atoms with E-state index in [-0.39, 0.29) is 0 Å². The van der Waals surface area contributed by atoms with E-state index in [1.165, 1.54) is 6.08 Å². The van der Waals surface area contributed by atoms with Crippen molar-refractivity contribution in [2.75, 3.05) is 14.2 Å². The van der Waals surface area contributed by atoms with Crippen LogP contribution in [0.1, 0.15) is 18.1 Å². The average molecular weight is 324 g/mol. The Hall–Kier alpha value is -3.01. The van der Waals surface area contributed by atoms with Crippen LogP contribution in [-0.4, -0.2) is 20.2 Å². The van der Waals surface area contributed by atoms with Gasteiger partial charge in [0.15, 0.2) is 11.5 Å². The van der Waals surface area contributed by atoms with Gasteiger partial charge in [-0.05, 0) is 48.4 Å². The highest BCUT2D eigenvalue weighted by Gasteiger charge is 2.08. The number of esters is 1. The quantitative estimate of drug-likeness (QED) is 0.450. The van der Waals surface area contributed by atoms with Gasteiger partial charge in [0, 0.05) is 6.08 Å². The lowest BCUT2D eigenvalue weighted by atomic mass is 10.2. The molecule has 4 heteroatoms. The molecule has 0 spiro atoms. The SMILES string of the molecule is C/C=C/c1ccc(OC(=O)/C=C/c2ccc(OC)cc2)c(OC)c1. The van der Waals surface area contributed by atoms with Gasteiger partial charge in [0.25, 0.3) is 0 Å². The maximum atomic E-state index is 12.0. The van der Waals surface area contributed by atoms with Crippen molar-refractivity contribution in [3.05, 3.63) is 65.7 Å². The van der Waals surface area contributed by atoms with Gasteiger partial charge in [-0.3, -0.25) is 0 Å². The van der Waals surface area contributed by atoms with Crippen LogP contribution in [0.25, 0.3) is 12.2 Å². The minimum absolute atomic E-state index is 0.384. The van der Waals surface area contributed by atoms with E-state index in [4.69, 9.17) is 14.2 Å². The number of carbonyl (C=O) groups is 1. The van der Waals surface area contributed by atoms with Crippen molar-refractivity contribution in [1.29, 1.82) is 0 Å². The summed E-state index contributed by atoms with van der Waals surface area (Å²) < 4.78 is 15.7. The Morgan fingerprint density at radius 2 is 1.58 bits per heavy atom. The minimum atomic E-state index is -0.470. The molecule has 0 aromatic heterocycles. The first-order valence-electron chi connectivity index (χ1n) is 7.51. The zero-order valence-electron chi connectivity index (χ0n) is 14.0. The Kier molecular flexibility index (Phi) is 6.20. The van der Waals surface area contributed by atoms with E-state index in [0.717, 1.165) is 16.9 Å². The number of ether oxygens (including phenoxy) is 3. The fourth-order valence-electron chi connectivity index (χ4n) is 2.09. The lowest BCUT2D eigenvalue weighted by molar-refractivity contribution is -0.129. The Morgan fingerprint density at radius 1 is 0.875 bits per heavy atom. The third kappa shape index (κ3) is 4.74. The van der Waals surface area contributed by atoms with Crippen molar-refractivity contribution in [3.8, 4) is 17.2 Å². The van der Waals surface area contributed by atoms with Crippen LogP contribution in [0, 0.1) is 0 Å². The summed E-state index contributed by atoms with van der Waals surface area (Å²) in [7, 11) is 3.15. The molecule has 0 N–H and O–H groups in total. The van der Waals surface area contributed by atoms with Crippen molar-refractivity contribution >= 4 is 18.1 Å². The smallest absolute Gasteiger partial charge is 0.336 e. The first-order chi connectivity index (χ1) is 11.7. The molecule has 2 aromatic carbocycles. The maximum absolute atomic E-state index is 12.0. The van der Waals surface area contributed by atoms with Crippen molar-refractivity contribution in [3.63, 3.8) is 0 Å². The molecule has 0 saturated heterocycles. The number of methoxy groups -OCH3 is 2. The molecule has 2 rings (SSSR count). The summed E-state index contributed by atoms with van der Waals surface area (Å²) in [6, 6.07) is 12.8. The Labute approximate surface area is 142 Å². The molecule has 0 fully saturated rings. The molecule has 0 unspecified atom stereocenters. The maximum Gasteiger partial charge on any atom is 0.336 e. The summed E-state index contributed by atoms with van der Waals surface area (Å²) in [6.45, 7) is 1.93. The van der Waals surface area contributed by atoms with Gasteiger partial charge < -0.3 is 14.2 Å². The molecule has 0 aliphatic carbocycles. The summed E-state index contributed by atoms with van der Waals surface area (Å²) in [6.07, 6.45) is 6.93. The number of benzene rings is 2. The van der Waals surface area contributed by atoms with Gasteiger partial charge in [-0.15, -0.1) is 0 Å². The molecule has 0 aliphatic heterocycles. The van der Waals surface area contributed by atoms with Gasteiger partial charge in [0.05, 0.1) is 14.2 Å². The van der Waals surface area contributed by atoms with E-state index in [9.17, 15) is 4.79 Å². The molecule has 0 aliphatic rings. The van der Waals surface area contributed by atoms with Crippen LogP contribution in [0.2, 0.25) is 0 Å². The number of rotatable bonds is 6. The van der Waals surface area contributed by atoms with Crippen LogP contribution in [0.3, 0.4) is 0 Å². The number of carbonyl (C=O) groups excluding carboxylic acids is 1. The molecule has 0 bridgehead atoms. The van der Waals surface area contributed by atoms with E-state index in [1.807, 2.05) is 55.5 Å². The van der Waals surface area contributed by atoms with Gasteiger partial charge in [-0.2, -0.15) is 0 Å². The second-order valence-electron chi connectivity index (χ2n) is 4.94. The molecule has 0 amide bonds. The lowest BCUT2D eigenvalue weighted by Crippen LogP contribution is -2.05. The predicted octanol–water partition coefficient (Wildman–Crippen LogP) is 4.36. The van der Waals surface area contributed by atoms with Gasteiger partial charge >= 0.3 is 5.97 Å². The Bertz CT molecular complexity index is 743. The summed E-state index contributed by atoms with van der Waals surface area (Å²) >= 11 is 0. The highest BCUT2D eigenvalue weighted by atomic mass is 16.6. The summed E-state index contributed by atoms with van der Waals surface area (Å²) in [5.41, 5.74) is 1.85. The highest BCUT2D eigenvalue weighted by molar-refractivity contribution is 5.89. The molecule has 0 radical (unpaired) electrons. The van der Waals surface area contributed by atoms with Gasteiger partial charge in [0.2, 0.25) is 0 Å². The average Bonchev–Trinajstić information content (AvgIpc) is 2.62. The van der Waals surface area contributed by atoms with Crippen molar-refractivity contribution in [1.82, 2.24) is 0 Å². The monoisotopic (exact) mass is 324 g/mol. The van der Waals surface area contributed by atoms with E-state index in [1.54, 1.807) is 26.4 Å². The molecule has 124 valence electrons. The van der Waals surface area contributed by atoms with Crippen LogP contribution in [0.15, 0.2) is 54.6 Å². The summed E-state index contributed by atoms with van der Waals surface area (Å²) in [5, 5.41) is 0. The molecule has 4 nitrogen and oxygen atoms in total. The number of hydrogen-bond donors (Lipinski definition) is 0. The third-order valence-corrected chi connectivity index (χ3v) is 3.29. The van der Waals surface area contributed by atoms with Gasteiger partial charge in [0.1, 0.15) is 5.75 Å². The molecule has 0 atom stereocenters. The molecule has 2 aromatic rings. The van der Waals surface area contributed by atoms with E-state index < -0.39 is 5.97 Å². The normalized spacial score (nSPS) is 11.0. The molecule has 0 heterocycles. The first kappa shape index (κ1) is 17.3. The Morgan fingerprint density at radius 3 is 2.21 bits per heavy atom. The zero-order valence-corrected chi connectivity index (χ0v) is 14.0. The van der Waals surface area contributed by atoms with E-state index in [2.05, 4.69) is 0 Å². The van der Waals surface area contributed by atoms with Gasteiger partial charge in [-0.25, -0.2) is 4.79 Å². The van der Waals surface area contributed by atoms with Crippen molar-refractivity contribution < 1.29 is 19.0 Å².